The molecule has 1 aromatic rings. The molecule has 1 aromatic heterocycles. The normalized spacial score (nSPS) is 24.1. The molecule has 1 N–H and O–H groups in total. The van der Waals surface area contributed by atoms with Gasteiger partial charge in [0.05, 0.1) is 0 Å². The van der Waals surface area contributed by atoms with E-state index in [1.165, 1.54) is 19.3 Å². The molecule has 0 unspecified atom stereocenters. The summed E-state index contributed by atoms with van der Waals surface area (Å²) in [7, 11) is -3.82. The number of carbonyl (C=O) groups is 2. The van der Waals surface area contributed by atoms with Crippen molar-refractivity contribution in [2.24, 2.45) is 17.3 Å². The number of hydrogen-bond acceptors (Lipinski definition) is 6. The maximum Gasteiger partial charge on any atom is 0.240 e. The van der Waals surface area contributed by atoms with Gasteiger partial charge in [-0.15, -0.1) is 0 Å². The molecule has 1 aliphatic carbocycles. The summed E-state index contributed by atoms with van der Waals surface area (Å²) in [5.41, 5.74) is -0.302. The third-order valence-corrected chi connectivity index (χ3v) is 5.35. The van der Waals surface area contributed by atoms with Crippen LogP contribution in [0, 0.1) is 17.3 Å². The highest BCUT2D eigenvalue weighted by Gasteiger charge is 2.54. The molecule has 116 valence electrons. The van der Waals surface area contributed by atoms with Crippen molar-refractivity contribution >= 4 is 21.7 Å². The van der Waals surface area contributed by atoms with E-state index < -0.39 is 33.0 Å². The lowest BCUT2D eigenvalue weighted by atomic mass is 9.53. The Morgan fingerprint density at radius 3 is 2.57 bits per heavy atom. The van der Waals surface area contributed by atoms with E-state index >= 15 is 0 Å². The van der Waals surface area contributed by atoms with Gasteiger partial charge in [-0.3, -0.25) is 14.3 Å². The molecule has 1 saturated carbocycles. The highest BCUT2D eigenvalue weighted by atomic mass is 32.2. The fourth-order valence-electron chi connectivity index (χ4n) is 2.83. The Kier molecular flexibility index (Phi) is 3.92. The van der Waals surface area contributed by atoms with E-state index in [-0.39, 0.29) is 17.4 Å². The lowest BCUT2D eigenvalue weighted by Crippen LogP contribution is -2.55. The topological polar surface area (TPSA) is 106 Å². The van der Waals surface area contributed by atoms with Crippen LogP contribution in [0.1, 0.15) is 32.9 Å². The number of Topliss-reactive ketones (excluding diaryl/α,β-unsaturated/α-hetero) is 1. The number of aromatic nitrogens is 1. The fraction of sp³-hybridized carbons (Fsp3) is 0.615. The molecule has 1 amide bonds. The highest BCUT2D eigenvalue weighted by molar-refractivity contribution is 7.89. The van der Waals surface area contributed by atoms with Gasteiger partial charge in [0.1, 0.15) is 23.5 Å². The van der Waals surface area contributed by atoms with Gasteiger partial charge in [0, 0.05) is 17.9 Å². The first-order valence-electron chi connectivity index (χ1n) is 6.57. The van der Waals surface area contributed by atoms with E-state index in [0.717, 1.165) is 0 Å². The fourth-order valence-corrected chi connectivity index (χ4v) is 3.89. The third kappa shape index (κ3) is 3.15. The average molecular weight is 314 g/mol. The SMILES string of the molecule is CC(=O)[C@@H]1C[C@H](C(=O)NS(=O)(=O)Cc2ccon2)C1(C)C. The Hall–Kier alpha value is -1.70. The van der Waals surface area contributed by atoms with Crippen LogP contribution in [0.25, 0.3) is 0 Å². The standard InChI is InChI=1S/C13H18N2O5S/c1-8(16)10-6-11(13(10,2)3)12(17)15-21(18,19)7-9-4-5-20-14-9/h4-5,10-11H,6-7H2,1-3H3,(H,15,17)/t10-,11+/m0/s1. The average Bonchev–Trinajstić information content (AvgIpc) is 2.77. The van der Waals surface area contributed by atoms with Gasteiger partial charge in [0.25, 0.3) is 0 Å². The summed E-state index contributed by atoms with van der Waals surface area (Å²) < 4.78 is 30.4. The molecule has 21 heavy (non-hydrogen) atoms. The monoisotopic (exact) mass is 314 g/mol. The van der Waals surface area contributed by atoms with Crippen molar-refractivity contribution in [3.8, 4) is 0 Å². The predicted molar refractivity (Wildman–Crippen MR) is 73.3 cm³/mol. The zero-order valence-electron chi connectivity index (χ0n) is 12.1. The molecule has 1 fully saturated rings. The van der Waals surface area contributed by atoms with Crippen LogP contribution in [-0.2, 0) is 25.4 Å². The van der Waals surface area contributed by atoms with Crippen LogP contribution in [0.4, 0.5) is 0 Å². The van der Waals surface area contributed by atoms with Gasteiger partial charge < -0.3 is 4.52 Å². The number of rotatable bonds is 5. The Morgan fingerprint density at radius 1 is 1.43 bits per heavy atom. The number of hydrogen-bond donors (Lipinski definition) is 1. The van der Waals surface area contributed by atoms with Gasteiger partial charge in [-0.2, -0.15) is 0 Å². The molecule has 0 spiro atoms. The molecule has 1 aliphatic rings. The first-order valence-corrected chi connectivity index (χ1v) is 8.23. The number of amides is 1. The molecule has 2 rings (SSSR count). The van der Waals surface area contributed by atoms with E-state index in [4.69, 9.17) is 0 Å². The second-order valence-corrected chi connectivity index (χ2v) is 7.71. The summed E-state index contributed by atoms with van der Waals surface area (Å²) in [5.74, 6) is -1.65. The second kappa shape index (κ2) is 5.25. The van der Waals surface area contributed by atoms with E-state index in [0.29, 0.717) is 6.42 Å². The predicted octanol–water partition coefficient (Wildman–Crippen LogP) is 0.872. The van der Waals surface area contributed by atoms with Gasteiger partial charge in [0.2, 0.25) is 15.9 Å². The van der Waals surface area contributed by atoms with E-state index in [9.17, 15) is 18.0 Å². The smallest absolute Gasteiger partial charge is 0.240 e. The van der Waals surface area contributed by atoms with Crippen LogP contribution in [0.5, 0.6) is 0 Å². The minimum Gasteiger partial charge on any atom is -0.364 e. The van der Waals surface area contributed by atoms with Gasteiger partial charge >= 0.3 is 0 Å². The van der Waals surface area contributed by atoms with Crippen molar-refractivity contribution in [3.05, 3.63) is 18.0 Å². The summed E-state index contributed by atoms with van der Waals surface area (Å²) in [4.78, 5) is 23.5. The largest absolute Gasteiger partial charge is 0.364 e. The minimum atomic E-state index is -3.82. The van der Waals surface area contributed by atoms with Crippen molar-refractivity contribution in [1.82, 2.24) is 9.88 Å². The molecule has 0 aromatic carbocycles. The molecule has 7 nitrogen and oxygen atoms in total. The molecule has 0 aliphatic heterocycles. The second-order valence-electron chi connectivity index (χ2n) is 5.99. The lowest BCUT2D eigenvalue weighted by Gasteiger charge is -2.49. The van der Waals surface area contributed by atoms with Crippen LogP contribution < -0.4 is 4.72 Å². The Balaban J connectivity index is 2.01. The summed E-state index contributed by atoms with van der Waals surface area (Å²) >= 11 is 0. The van der Waals surface area contributed by atoms with E-state index in [1.54, 1.807) is 13.8 Å². The maximum atomic E-state index is 12.1. The number of carbonyl (C=O) groups excluding carboxylic acids is 2. The quantitative estimate of drug-likeness (QED) is 0.864. The zero-order valence-corrected chi connectivity index (χ0v) is 12.9. The molecule has 0 radical (unpaired) electrons. The summed E-state index contributed by atoms with van der Waals surface area (Å²) in [6.45, 7) is 5.09. The van der Waals surface area contributed by atoms with Crippen molar-refractivity contribution in [1.29, 1.82) is 0 Å². The molecule has 0 saturated heterocycles. The van der Waals surface area contributed by atoms with E-state index in [1.807, 2.05) is 0 Å². The summed E-state index contributed by atoms with van der Waals surface area (Å²) in [6.07, 6.45) is 1.65. The molecule has 2 atom stereocenters. The van der Waals surface area contributed by atoms with Crippen LogP contribution in [0.3, 0.4) is 0 Å². The number of nitrogens with one attached hydrogen (secondary N) is 1. The van der Waals surface area contributed by atoms with Crippen molar-refractivity contribution in [2.45, 2.75) is 32.9 Å². The molecule has 1 heterocycles. The molecular formula is C13H18N2O5S. The van der Waals surface area contributed by atoms with Gasteiger partial charge in [-0.1, -0.05) is 19.0 Å². The number of nitrogens with zero attached hydrogens (tertiary/aromatic N) is 1. The van der Waals surface area contributed by atoms with E-state index in [2.05, 4.69) is 14.4 Å². The first-order chi connectivity index (χ1) is 9.63. The molecular weight excluding hydrogens is 296 g/mol. The van der Waals surface area contributed by atoms with Crippen LogP contribution in [0.15, 0.2) is 16.9 Å². The zero-order chi connectivity index (χ0) is 15.8. The van der Waals surface area contributed by atoms with Crippen molar-refractivity contribution in [2.75, 3.05) is 0 Å². The Morgan fingerprint density at radius 2 is 2.10 bits per heavy atom. The van der Waals surface area contributed by atoms with Gasteiger partial charge in [-0.05, 0) is 18.8 Å². The third-order valence-electron chi connectivity index (χ3n) is 4.16. The number of ketones is 1. The van der Waals surface area contributed by atoms with Gasteiger partial charge in [0.15, 0.2) is 0 Å². The molecule has 0 bridgehead atoms. The minimum absolute atomic E-state index is 0.0227. The maximum absolute atomic E-state index is 12.1. The highest BCUT2D eigenvalue weighted by Crippen LogP contribution is 2.51. The van der Waals surface area contributed by atoms with Crippen LogP contribution in [0.2, 0.25) is 0 Å². The Labute approximate surface area is 123 Å². The van der Waals surface area contributed by atoms with Crippen LogP contribution in [-0.4, -0.2) is 25.3 Å². The summed E-state index contributed by atoms with van der Waals surface area (Å²) in [6, 6.07) is 1.42. The molecule has 8 heteroatoms. The van der Waals surface area contributed by atoms with Crippen molar-refractivity contribution in [3.63, 3.8) is 0 Å². The van der Waals surface area contributed by atoms with Crippen molar-refractivity contribution < 1.29 is 22.5 Å². The summed E-state index contributed by atoms with van der Waals surface area (Å²) in [5, 5.41) is 3.50. The Bertz CT molecular complexity index is 648. The lowest BCUT2D eigenvalue weighted by molar-refractivity contribution is -0.147. The first kappa shape index (κ1) is 15.7. The van der Waals surface area contributed by atoms with Crippen LogP contribution >= 0.6 is 0 Å². The number of sulfonamides is 1. The van der Waals surface area contributed by atoms with Gasteiger partial charge in [-0.25, -0.2) is 8.42 Å².